The number of nitrogen functional groups attached to an aromatic ring is 2. The second-order valence-corrected chi connectivity index (χ2v) is 3.77. The van der Waals surface area contributed by atoms with Crippen LogP contribution in [-0.4, -0.2) is 32.8 Å². The molecule has 1 aliphatic rings. The molecule has 8 heteroatoms. The minimum absolute atomic E-state index is 0.0108. The summed E-state index contributed by atoms with van der Waals surface area (Å²) in [4.78, 5) is 24.1. The number of carbonyl (C=O) groups excluding carboxylic acids is 1. The number of carbonyl (C=O) groups is 1. The van der Waals surface area contributed by atoms with Crippen molar-refractivity contribution in [3.05, 3.63) is 0 Å². The zero-order chi connectivity index (χ0) is 11.0. The van der Waals surface area contributed by atoms with E-state index in [9.17, 15) is 4.79 Å². The Hall–Kier alpha value is -1.63. The van der Waals surface area contributed by atoms with Gasteiger partial charge >= 0.3 is 0 Å². The third-order valence-corrected chi connectivity index (χ3v) is 2.27. The molecule has 0 aliphatic carbocycles. The Balaban J connectivity index is 2.33. The second-order valence-electron chi connectivity index (χ2n) is 3.16. The van der Waals surface area contributed by atoms with Gasteiger partial charge in [0, 0.05) is 13.0 Å². The highest BCUT2D eigenvalue weighted by Gasteiger charge is 2.31. The first-order valence-electron chi connectivity index (χ1n) is 4.27. The first-order chi connectivity index (χ1) is 7.06. The first kappa shape index (κ1) is 9.91. The van der Waals surface area contributed by atoms with Gasteiger partial charge < -0.3 is 11.5 Å². The van der Waals surface area contributed by atoms with E-state index in [0.717, 1.165) is 0 Å². The molecule has 1 aromatic rings. The van der Waals surface area contributed by atoms with E-state index in [1.54, 1.807) is 0 Å². The highest BCUT2D eigenvalue weighted by molar-refractivity contribution is 6.24. The molecule has 1 aromatic heterocycles. The predicted octanol–water partition coefficient (Wildman–Crippen LogP) is -0.620. The van der Waals surface area contributed by atoms with E-state index >= 15 is 0 Å². The van der Waals surface area contributed by atoms with Crippen molar-refractivity contribution in [3.8, 4) is 0 Å². The molecule has 1 fully saturated rings. The van der Waals surface area contributed by atoms with Gasteiger partial charge in [0.2, 0.25) is 23.8 Å². The number of alkyl halides is 1. The summed E-state index contributed by atoms with van der Waals surface area (Å²) in [6.07, 6.45) is 0.271. The van der Waals surface area contributed by atoms with Crippen molar-refractivity contribution in [1.29, 1.82) is 0 Å². The Morgan fingerprint density at radius 2 is 1.87 bits per heavy atom. The maximum atomic E-state index is 11.5. The normalized spacial score (nSPS) is 21.0. The van der Waals surface area contributed by atoms with E-state index in [1.807, 2.05) is 0 Å². The van der Waals surface area contributed by atoms with Crippen LogP contribution in [0.2, 0.25) is 0 Å². The van der Waals surface area contributed by atoms with Crippen molar-refractivity contribution in [2.24, 2.45) is 0 Å². The highest BCUT2D eigenvalue weighted by atomic mass is 35.5. The van der Waals surface area contributed by atoms with Gasteiger partial charge in [0.25, 0.3) is 0 Å². The minimum Gasteiger partial charge on any atom is -0.368 e. The molecule has 0 spiro atoms. The average Bonchev–Trinajstić information content (AvgIpc) is 2.43. The van der Waals surface area contributed by atoms with Crippen molar-refractivity contribution in [2.75, 3.05) is 22.9 Å². The number of nitrogens with zero attached hydrogens (tertiary/aromatic N) is 4. The van der Waals surface area contributed by atoms with Gasteiger partial charge in [-0.2, -0.15) is 15.0 Å². The molecule has 2 heterocycles. The third kappa shape index (κ3) is 1.91. The summed E-state index contributed by atoms with van der Waals surface area (Å²) >= 11 is 5.84. The summed E-state index contributed by atoms with van der Waals surface area (Å²) in [5.74, 6) is -0.000190. The fourth-order valence-electron chi connectivity index (χ4n) is 1.38. The molecule has 0 aromatic carbocycles. The predicted molar refractivity (Wildman–Crippen MR) is 55.3 cm³/mol. The lowest BCUT2D eigenvalue weighted by atomic mass is 10.4. The van der Waals surface area contributed by atoms with Crippen LogP contribution in [0.5, 0.6) is 0 Å². The smallest absolute Gasteiger partial charge is 0.238 e. The van der Waals surface area contributed by atoms with Gasteiger partial charge in [-0.15, -0.1) is 11.6 Å². The Morgan fingerprint density at radius 1 is 1.27 bits per heavy atom. The lowest BCUT2D eigenvalue weighted by molar-refractivity contribution is -0.117. The van der Waals surface area contributed by atoms with Crippen LogP contribution in [0.1, 0.15) is 6.42 Å². The van der Waals surface area contributed by atoms with Crippen molar-refractivity contribution >= 4 is 35.4 Å². The molecule has 4 N–H and O–H groups in total. The van der Waals surface area contributed by atoms with Crippen LogP contribution in [0.15, 0.2) is 0 Å². The van der Waals surface area contributed by atoms with Crippen molar-refractivity contribution in [2.45, 2.75) is 11.8 Å². The number of amides is 1. The molecule has 0 saturated carbocycles. The third-order valence-electron chi connectivity index (χ3n) is 1.98. The highest BCUT2D eigenvalue weighted by Crippen LogP contribution is 2.21. The van der Waals surface area contributed by atoms with Gasteiger partial charge in [0.05, 0.1) is 5.38 Å². The SMILES string of the molecule is Nc1nc(N)nc(N2CC(Cl)CC2=O)n1. The summed E-state index contributed by atoms with van der Waals surface area (Å²) in [6, 6.07) is 0. The average molecular weight is 229 g/mol. The number of anilines is 3. The number of aromatic nitrogens is 3. The Bertz CT molecular complexity index is 390. The number of nitrogens with two attached hydrogens (primary N) is 2. The van der Waals surface area contributed by atoms with E-state index in [-0.39, 0.29) is 35.6 Å². The Labute approximate surface area is 90.4 Å². The number of hydrogen-bond acceptors (Lipinski definition) is 6. The molecule has 2 rings (SSSR count). The Morgan fingerprint density at radius 3 is 2.33 bits per heavy atom. The van der Waals surface area contributed by atoms with Crippen LogP contribution in [-0.2, 0) is 4.79 Å². The van der Waals surface area contributed by atoms with E-state index in [4.69, 9.17) is 23.1 Å². The summed E-state index contributed by atoms with van der Waals surface area (Å²) in [5, 5.41) is -0.225. The van der Waals surface area contributed by atoms with E-state index in [2.05, 4.69) is 15.0 Å². The van der Waals surface area contributed by atoms with Crippen LogP contribution in [0, 0.1) is 0 Å². The van der Waals surface area contributed by atoms with Crippen LogP contribution >= 0.6 is 11.6 Å². The van der Waals surface area contributed by atoms with Gasteiger partial charge in [-0.3, -0.25) is 9.69 Å². The van der Waals surface area contributed by atoms with E-state index in [1.165, 1.54) is 4.90 Å². The van der Waals surface area contributed by atoms with E-state index < -0.39 is 0 Å². The zero-order valence-electron chi connectivity index (χ0n) is 7.72. The fraction of sp³-hybridized carbons (Fsp3) is 0.429. The van der Waals surface area contributed by atoms with Crippen molar-refractivity contribution in [3.63, 3.8) is 0 Å². The summed E-state index contributed by atoms with van der Waals surface area (Å²) in [7, 11) is 0. The lowest BCUT2D eigenvalue weighted by Crippen LogP contribution is -2.27. The van der Waals surface area contributed by atoms with Crippen molar-refractivity contribution < 1.29 is 4.79 Å². The summed E-state index contributed by atoms with van der Waals surface area (Å²) in [5.41, 5.74) is 10.8. The van der Waals surface area contributed by atoms with Gasteiger partial charge in [-0.25, -0.2) is 0 Å². The second kappa shape index (κ2) is 3.50. The first-order valence-corrected chi connectivity index (χ1v) is 4.71. The molecule has 1 amide bonds. The standard InChI is InChI=1S/C7H9ClN6O/c8-3-1-4(15)14(2-3)7-12-5(9)11-6(10)13-7/h3H,1-2H2,(H4,9,10,11,12,13). The number of hydrogen-bond donors (Lipinski definition) is 2. The summed E-state index contributed by atoms with van der Waals surface area (Å²) < 4.78 is 0. The van der Waals surface area contributed by atoms with Crippen LogP contribution < -0.4 is 16.4 Å². The summed E-state index contributed by atoms with van der Waals surface area (Å²) in [6.45, 7) is 0.364. The maximum Gasteiger partial charge on any atom is 0.238 e. The van der Waals surface area contributed by atoms with E-state index in [0.29, 0.717) is 6.54 Å². The Kier molecular flexibility index (Phi) is 2.31. The molecule has 0 bridgehead atoms. The van der Waals surface area contributed by atoms with Crippen LogP contribution in [0.25, 0.3) is 0 Å². The molecule has 1 saturated heterocycles. The molecule has 1 unspecified atom stereocenters. The molecule has 15 heavy (non-hydrogen) atoms. The minimum atomic E-state index is -0.225. The number of halogens is 1. The topological polar surface area (TPSA) is 111 Å². The lowest BCUT2D eigenvalue weighted by Gasteiger charge is -2.13. The monoisotopic (exact) mass is 228 g/mol. The van der Waals surface area contributed by atoms with Crippen molar-refractivity contribution in [1.82, 2.24) is 15.0 Å². The molecule has 1 aliphatic heterocycles. The molecular formula is C7H9ClN6O. The van der Waals surface area contributed by atoms with Crippen LogP contribution in [0.4, 0.5) is 17.8 Å². The number of rotatable bonds is 1. The van der Waals surface area contributed by atoms with Gasteiger partial charge in [0.1, 0.15) is 0 Å². The maximum absolute atomic E-state index is 11.5. The molecule has 1 atom stereocenters. The van der Waals surface area contributed by atoms with Gasteiger partial charge in [0.15, 0.2) is 0 Å². The molecule has 80 valence electrons. The largest absolute Gasteiger partial charge is 0.368 e. The molecule has 7 nitrogen and oxygen atoms in total. The quantitative estimate of drug-likeness (QED) is 0.620. The zero-order valence-corrected chi connectivity index (χ0v) is 8.48. The van der Waals surface area contributed by atoms with Crippen LogP contribution in [0.3, 0.4) is 0 Å². The fourth-order valence-corrected chi connectivity index (χ4v) is 1.65. The molecule has 0 radical (unpaired) electrons. The molecular weight excluding hydrogens is 220 g/mol. The van der Waals surface area contributed by atoms with Gasteiger partial charge in [-0.1, -0.05) is 0 Å². The van der Waals surface area contributed by atoms with Gasteiger partial charge in [-0.05, 0) is 0 Å².